The minimum absolute atomic E-state index is 0.0876. The van der Waals surface area contributed by atoms with E-state index in [0.717, 1.165) is 0 Å². The predicted molar refractivity (Wildman–Crippen MR) is 59.1 cm³/mol. The fraction of sp³-hybridized carbons (Fsp3) is 0.455. The van der Waals surface area contributed by atoms with Crippen LogP contribution in [0.3, 0.4) is 0 Å². The largest absolute Gasteiger partial charge is 0.573 e. The zero-order valence-corrected chi connectivity index (χ0v) is 10.9. The minimum atomic E-state index is -5.44. The molecule has 5 nitrogen and oxygen atoms in total. The Hall–Kier alpha value is -2.20. The van der Waals surface area contributed by atoms with E-state index < -0.39 is 47.5 Å². The number of pyridine rings is 1. The maximum Gasteiger partial charge on any atom is 0.573 e. The maximum atomic E-state index is 12.8. The summed E-state index contributed by atoms with van der Waals surface area (Å²) < 4.78 is 82.8. The molecule has 11 heteroatoms. The Balaban J connectivity index is 3.43. The van der Waals surface area contributed by atoms with Gasteiger partial charge in [0.2, 0.25) is 5.56 Å². The molecule has 22 heavy (non-hydrogen) atoms. The molecule has 1 aromatic heterocycles. The van der Waals surface area contributed by atoms with Crippen molar-refractivity contribution >= 4 is 5.97 Å². The third kappa shape index (κ3) is 4.97. The number of nitrogens with one attached hydrogen (secondary N) is 1. The molecule has 0 atom stereocenters. The summed E-state index contributed by atoms with van der Waals surface area (Å²) in [5.74, 6) is -2.81. The number of hydrogen-bond donors (Lipinski definition) is 1. The van der Waals surface area contributed by atoms with Crippen molar-refractivity contribution < 1.29 is 40.6 Å². The van der Waals surface area contributed by atoms with Gasteiger partial charge in [-0.2, -0.15) is 13.2 Å². The number of rotatable bonds is 4. The van der Waals surface area contributed by atoms with Gasteiger partial charge >= 0.3 is 18.5 Å². The van der Waals surface area contributed by atoms with Crippen LogP contribution in [0.25, 0.3) is 0 Å². The average molecular weight is 333 g/mol. The third-order valence-electron chi connectivity index (χ3n) is 2.22. The molecular formula is C11H9F6NO4. The lowest BCUT2D eigenvalue weighted by Crippen LogP contribution is -2.25. The molecule has 0 aromatic carbocycles. The Morgan fingerprint density at radius 2 is 1.82 bits per heavy atom. The van der Waals surface area contributed by atoms with Crippen LogP contribution in [0, 0.1) is 0 Å². The monoisotopic (exact) mass is 333 g/mol. The van der Waals surface area contributed by atoms with Crippen molar-refractivity contribution in [3.05, 3.63) is 27.7 Å². The van der Waals surface area contributed by atoms with E-state index in [0.29, 0.717) is 0 Å². The van der Waals surface area contributed by atoms with Gasteiger partial charge in [-0.05, 0) is 6.92 Å². The quantitative estimate of drug-likeness (QED) is 0.679. The highest BCUT2D eigenvalue weighted by Gasteiger charge is 2.41. The molecule has 0 aliphatic heterocycles. The van der Waals surface area contributed by atoms with Crippen LogP contribution in [0.5, 0.6) is 5.75 Å². The molecule has 124 valence electrons. The summed E-state index contributed by atoms with van der Waals surface area (Å²) in [4.78, 5) is 24.1. The van der Waals surface area contributed by atoms with Crippen LogP contribution >= 0.6 is 0 Å². The molecule has 0 saturated heterocycles. The standard InChI is InChI=1S/C11H9F6NO4/c1-2-21-8(20)4-6-9(22-11(15,16)17)5(10(12,13)14)3-7(19)18-6/h3H,2,4H2,1H3,(H,18,19). The Kier molecular flexibility index (Phi) is 5.09. The van der Waals surface area contributed by atoms with Gasteiger partial charge in [0.1, 0.15) is 5.56 Å². The van der Waals surface area contributed by atoms with E-state index in [9.17, 15) is 35.9 Å². The zero-order valence-electron chi connectivity index (χ0n) is 10.9. The first-order valence-electron chi connectivity index (χ1n) is 5.68. The van der Waals surface area contributed by atoms with Gasteiger partial charge in [0.15, 0.2) is 5.75 Å². The summed E-state index contributed by atoms with van der Waals surface area (Å²) in [7, 11) is 0. The SMILES string of the molecule is CCOC(=O)Cc1[nH]c(=O)cc(C(F)(F)F)c1OC(F)(F)F. The average Bonchev–Trinajstić information content (AvgIpc) is 2.29. The first kappa shape index (κ1) is 17.9. The molecule has 0 amide bonds. The lowest BCUT2D eigenvalue weighted by Gasteiger charge is -2.17. The van der Waals surface area contributed by atoms with Crippen molar-refractivity contribution in [3.63, 3.8) is 0 Å². The molecule has 0 saturated carbocycles. The summed E-state index contributed by atoms with van der Waals surface area (Å²) in [5, 5.41) is 0. The van der Waals surface area contributed by atoms with Gasteiger partial charge in [-0.3, -0.25) is 9.59 Å². The summed E-state index contributed by atoms with van der Waals surface area (Å²) in [6.07, 6.45) is -11.7. The number of aromatic amines is 1. The molecule has 1 aromatic rings. The second kappa shape index (κ2) is 6.28. The summed E-state index contributed by atoms with van der Waals surface area (Å²) in [6.45, 7) is 1.25. The summed E-state index contributed by atoms with van der Waals surface area (Å²) in [6, 6.07) is -0.0876. The number of carbonyl (C=O) groups excluding carboxylic acids is 1. The van der Waals surface area contributed by atoms with Gasteiger partial charge in [0.25, 0.3) is 0 Å². The van der Waals surface area contributed by atoms with Crippen molar-refractivity contribution in [1.82, 2.24) is 4.98 Å². The van der Waals surface area contributed by atoms with Crippen molar-refractivity contribution in [3.8, 4) is 5.75 Å². The van der Waals surface area contributed by atoms with Crippen LogP contribution in [0.4, 0.5) is 26.3 Å². The fourth-order valence-electron chi connectivity index (χ4n) is 1.52. The van der Waals surface area contributed by atoms with Gasteiger partial charge in [-0.15, -0.1) is 13.2 Å². The van der Waals surface area contributed by atoms with Crippen LogP contribution in [-0.4, -0.2) is 23.9 Å². The molecule has 0 aliphatic carbocycles. The lowest BCUT2D eigenvalue weighted by atomic mass is 10.1. The molecule has 1 rings (SSSR count). The third-order valence-corrected chi connectivity index (χ3v) is 2.22. The van der Waals surface area contributed by atoms with Crippen molar-refractivity contribution in [1.29, 1.82) is 0 Å². The Bertz CT molecular complexity index is 604. The molecule has 1 N–H and O–H groups in total. The molecule has 0 bridgehead atoms. The smallest absolute Gasteiger partial charge is 0.466 e. The number of ether oxygens (including phenoxy) is 2. The van der Waals surface area contributed by atoms with Crippen molar-refractivity contribution in [2.24, 2.45) is 0 Å². The minimum Gasteiger partial charge on any atom is -0.466 e. The van der Waals surface area contributed by atoms with Crippen molar-refractivity contribution in [2.75, 3.05) is 6.61 Å². The van der Waals surface area contributed by atoms with E-state index in [4.69, 9.17) is 0 Å². The normalized spacial score (nSPS) is 12.1. The molecule has 0 aliphatic rings. The van der Waals surface area contributed by atoms with Crippen LogP contribution in [0.2, 0.25) is 0 Å². The van der Waals surface area contributed by atoms with Crippen molar-refractivity contribution in [2.45, 2.75) is 25.9 Å². The van der Waals surface area contributed by atoms with Crippen LogP contribution < -0.4 is 10.3 Å². The van der Waals surface area contributed by atoms with E-state index in [-0.39, 0.29) is 12.7 Å². The number of aromatic nitrogens is 1. The van der Waals surface area contributed by atoms with E-state index in [1.807, 2.05) is 0 Å². The summed E-state index contributed by atoms with van der Waals surface area (Å²) in [5.41, 5.74) is -4.25. The van der Waals surface area contributed by atoms with Crippen LogP contribution in [-0.2, 0) is 22.1 Å². The van der Waals surface area contributed by atoms with Gasteiger partial charge in [-0.25, -0.2) is 0 Å². The molecule has 0 radical (unpaired) electrons. The highest BCUT2D eigenvalue weighted by Crippen LogP contribution is 2.39. The molecule has 0 fully saturated rings. The Labute approximate surface area is 118 Å². The first-order valence-corrected chi connectivity index (χ1v) is 5.68. The number of halogens is 6. The number of alkyl halides is 6. The zero-order chi connectivity index (χ0) is 17.1. The van der Waals surface area contributed by atoms with Gasteiger partial charge in [-0.1, -0.05) is 0 Å². The molecule has 0 unspecified atom stereocenters. The van der Waals surface area contributed by atoms with Crippen LogP contribution in [0.15, 0.2) is 10.9 Å². The number of carbonyl (C=O) groups is 1. The van der Waals surface area contributed by atoms with E-state index in [2.05, 4.69) is 9.47 Å². The Morgan fingerprint density at radius 1 is 1.23 bits per heavy atom. The highest BCUT2D eigenvalue weighted by atomic mass is 19.4. The molecule has 1 heterocycles. The lowest BCUT2D eigenvalue weighted by molar-refractivity contribution is -0.276. The Morgan fingerprint density at radius 3 is 2.27 bits per heavy atom. The second-order valence-corrected chi connectivity index (χ2v) is 3.88. The molecule has 0 spiro atoms. The van der Waals surface area contributed by atoms with Gasteiger partial charge in [0, 0.05) is 6.07 Å². The topological polar surface area (TPSA) is 68.4 Å². The van der Waals surface area contributed by atoms with E-state index in [1.54, 1.807) is 4.98 Å². The van der Waals surface area contributed by atoms with E-state index in [1.165, 1.54) is 6.92 Å². The van der Waals surface area contributed by atoms with Crippen LogP contribution in [0.1, 0.15) is 18.2 Å². The second-order valence-electron chi connectivity index (χ2n) is 3.88. The number of H-pyrrole nitrogens is 1. The number of hydrogen-bond acceptors (Lipinski definition) is 4. The summed E-state index contributed by atoms with van der Waals surface area (Å²) >= 11 is 0. The maximum absolute atomic E-state index is 12.8. The fourth-order valence-corrected chi connectivity index (χ4v) is 1.52. The molecular weight excluding hydrogens is 324 g/mol. The van der Waals surface area contributed by atoms with Gasteiger partial charge < -0.3 is 14.5 Å². The highest BCUT2D eigenvalue weighted by molar-refractivity contribution is 5.73. The first-order chi connectivity index (χ1) is 9.94. The van der Waals surface area contributed by atoms with E-state index >= 15 is 0 Å². The van der Waals surface area contributed by atoms with Gasteiger partial charge in [0.05, 0.1) is 18.7 Å². The predicted octanol–water partition coefficient (Wildman–Crippen LogP) is 2.40. The number of esters is 1.